The molecule has 0 aliphatic carbocycles. The molecule has 0 aromatic carbocycles. The number of aliphatic hydroxyl groups excluding tert-OH is 5. The van der Waals surface area contributed by atoms with Gasteiger partial charge in [-0.05, 0) is 109 Å². The molecule has 1 heterocycles. The topological polar surface area (TPSA) is 175 Å². The lowest BCUT2D eigenvalue weighted by Crippen LogP contribution is -2.60. The van der Waals surface area contributed by atoms with Crippen LogP contribution in [0.4, 0.5) is 0 Å². The van der Waals surface area contributed by atoms with Gasteiger partial charge in [0, 0.05) is 12.8 Å². The summed E-state index contributed by atoms with van der Waals surface area (Å²) >= 11 is 0. The fourth-order valence-corrected chi connectivity index (χ4v) is 12.8. The summed E-state index contributed by atoms with van der Waals surface area (Å²) in [6, 6.07) is -0.826. The molecule has 1 rings (SSSR count). The number of allylic oxidation sites excluding steroid dienone is 11. The van der Waals surface area contributed by atoms with Crippen molar-refractivity contribution in [2.24, 2.45) is 0 Å². The van der Waals surface area contributed by atoms with Crippen LogP contribution in [0.15, 0.2) is 72.9 Å². The normalized spacial score (nSPS) is 17.7. The molecule has 1 aliphatic rings. The molecule has 1 saturated heterocycles. The molecule has 7 atom stereocenters. The first kappa shape index (κ1) is 91.1. The number of hydrogen-bond acceptors (Lipinski definition) is 10. The minimum atomic E-state index is -1.58. The van der Waals surface area contributed by atoms with E-state index in [0.717, 1.165) is 70.6 Å². The van der Waals surface area contributed by atoms with Crippen molar-refractivity contribution in [1.82, 2.24) is 5.32 Å². The van der Waals surface area contributed by atoms with Crippen LogP contribution < -0.4 is 5.32 Å². The Morgan fingerprint density at radius 3 is 1.10 bits per heavy atom. The molecule has 1 amide bonds. The van der Waals surface area contributed by atoms with E-state index in [1.54, 1.807) is 6.08 Å². The molecular formula is C85H155NO10. The van der Waals surface area contributed by atoms with Crippen molar-refractivity contribution in [2.45, 2.75) is 436 Å². The second-order valence-electron chi connectivity index (χ2n) is 28.5. The van der Waals surface area contributed by atoms with E-state index in [4.69, 9.17) is 14.2 Å². The van der Waals surface area contributed by atoms with E-state index in [9.17, 15) is 35.1 Å². The highest BCUT2D eigenvalue weighted by molar-refractivity contribution is 5.76. The van der Waals surface area contributed by atoms with Crippen molar-refractivity contribution in [2.75, 3.05) is 19.8 Å². The quantitative estimate of drug-likeness (QED) is 0.0195. The second kappa shape index (κ2) is 73.3. The van der Waals surface area contributed by atoms with Crippen LogP contribution in [0, 0.1) is 0 Å². The molecule has 6 N–H and O–H groups in total. The molecule has 560 valence electrons. The maximum atomic E-state index is 13.1. The molecule has 7 unspecified atom stereocenters. The van der Waals surface area contributed by atoms with Crippen LogP contribution in [-0.2, 0) is 23.8 Å². The lowest BCUT2D eigenvalue weighted by molar-refractivity contribution is -0.302. The second-order valence-corrected chi connectivity index (χ2v) is 28.5. The Labute approximate surface area is 591 Å². The molecule has 11 heteroatoms. The van der Waals surface area contributed by atoms with Gasteiger partial charge in [-0.1, -0.05) is 344 Å². The number of amides is 1. The summed E-state index contributed by atoms with van der Waals surface area (Å²) in [5.41, 5.74) is 0. The molecule has 0 spiro atoms. The number of carbonyl (C=O) groups excluding carboxylic acids is 2. The van der Waals surface area contributed by atoms with Gasteiger partial charge in [0.05, 0.1) is 32.0 Å². The summed E-state index contributed by atoms with van der Waals surface area (Å²) in [4.78, 5) is 25.2. The molecule has 0 saturated carbocycles. The monoisotopic (exact) mass is 1350 g/mol. The standard InChI is InChI=1S/C85H155NO10/c1-3-5-7-9-11-13-15-16-17-18-43-46-49-53-57-61-65-69-73-81(90)94-74-70-66-62-58-54-50-47-44-41-39-37-35-33-31-29-27-25-23-21-19-20-22-24-26-28-30-32-34-36-38-40-42-45-48-52-56-60-64-68-72-80(89)86-77(76-95-85-84(93)83(92)82(91)79(75-87)96-85)78(88)71-67-63-59-55-51-14-12-10-8-6-4-2/h13,15,17-20,23,25,51,55,67,71,77-79,82-85,87-88,91-93H,3-12,14,16,21-22,24,26-50,52-54,56-66,68-70,72-76H2,1-2H3,(H,86,89)/b15-13-,18-17-,20-19-,25-23-,55-51+,71-67+. The third-order valence-corrected chi connectivity index (χ3v) is 19.3. The lowest BCUT2D eigenvalue weighted by Gasteiger charge is -2.40. The summed E-state index contributed by atoms with van der Waals surface area (Å²) in [7, 11) is 0. The molecule has 96 heavy (non-hydrogen) atoms. The highest BCUT2D eigenvalue weighted by Gasteiger charge is 2.44. The first-order valence-electron chi connectivity index (χ1n) is 41.2. The fourth-order valence-electron chi connectivity index (χ4n) is 12.8. The van der Waals surface area contributed by atoms with E-state index in [1.165, 1.54) is 295 Å². The summed E-state index contributed by atoms with van der Waals surface area (Å²) in [5, 5.41) is 54.4. The maximum Gasteiger partial charge on any atom is 0.305 e. The Morgan fingerprint density at radius 1 is 0.385 bits per heavy atom. The first-order chi connectivity index (χ1) is 47.2. The third-order valence-electron chi connectivity index (χ3n) is 19.3. The van der Waals surface area contributed by atoms with Crippen molar-refractivity contribution in [3.8, 4) is 0 Å². The molecule has 0 aromatic rings. The molecule has 1 fully saturated rings. The largest absolute Gasteiger partial charge is 0.466 e. The van der Waals surface area contributed by atoms with Gasteiger partial charge in [0.25, 0.3) is 0 Å². The van der Waals surface area contributed by atoms with Gasteiger partial charge in [0.2, 0.25) is 5.91 Å². The van der Waals surface area contributed by atoms with E-state index in [2.05, 4.69) is 79.9 Å². The summed E-state index contributed by atoms with van der Waals surface area (Å²) in [5.74, 6) is -0.182. The molecular weight excluding hydrogens is 1190 g/mol. The number of hydrogen-bond donors (Lipinski definition) is 6. The Hall–Kier alpha value is -2.90. The van der Waals surface area contributed by atoms with Crippen molar-refractivity contribution in [3.05, 3.63) is 72.9 Å². The van der Waals surface area contributed by atoms with E-state index in [0.29, 0.717) is 19.4 Å². The third kappa shape index (κ3) is 61.0. The smallest absolute Gasteiger partial charge is 0.305 e. The summed E-state index contributed by atoms with van der Waals surface area (Å²) in [6.07, 6.45) is 91.0. The average molecular weight is 1350 g/mol. The Kier molecular flexibility index (Phi) is 69.6. The van der Waals surface area contributed by atoms with Crippen LogP contribution in [-0.4, -0.2) is 100 Å². The van der Waals surface area contributed by atoms with Gasteiger partial charge < -0.3 is 45.1 Å². The van der Waals surface area contributed by atoms with Gasteiger partial charge in [0.1, 0.15) is 24.4 Å². The van der Waals surface area contributed by atoms with Gasteiger partial charge in [-0.2, -0.15) is 0 Å². The lowest BCUT2D eigenvalue weighted by atomic mass is 9.99. The number of carbonyl (C=O) groups is 2. The zero-order chi connectivity index (χ0) is 69.4. The molecule has 0 aromatic heterocycles. The van der Waals surface area contributed by atoms with Gasteiger partial charge in [-0.15, -0.1) is 0 Å². The number of rotatable bonds is 73. The SMILES string of the molecule is CCCCCC/C=C\C/C=C\CCCCCCCCCC(=O)OCCCCCCCCCCCCCCCCC/C=C\C/C=C\CCCCCCCCCCCCCCCCCCCC(=O)NC(COC1OC(CO)C(O)C(O)C1O)C(O)/C=C/CC/C=C/CCCCCCC. The number of aliphatic hydroxyl groups is 5. The Bertz CT molecular complexity index is 1830. The summed E-state index contributed by atoms with van der Waals surface area (Å²) < 4.78 is 16.8. The van der Waals surface area contributed by atoms with Gasteiger partial charge >= 0.3 is 5.97 Å². The Balaban J connectivity index is 1.87. The van der Waals surface area contributed by atoms with Crippen LogP contribution >= 0.6 is 0 Å². The predicted molar refractivity (Wildman–Crippen MR) is 407 cm³/mol. The molecule has 0 bridgehead atoms. The Morgan fingerprint density at radius 2 is 0.708 bits per heavy atom. The predicted octanol–water partition coefficient (Wildman–Crippen LogP) is 22.6. The van der Waals surface area contributed by atoms with Crippen LogP contribution in [0.2, 0.25) is 0 Å². The van der Waals surface area contributed by atoms with Gasteiger partial charge in [-0.3, -0.25) is 9.59 Å². The van der Waals surface area contributed by atoms with E-state index in [1.807, 2.05) is 6.08 Å². The zero-order valence-electron chi connectivity index (χ0n) is 62.6. The molecule has 11 nitrogen and oxygen atoms in total. The van der Waals surface area contributed by atoms with Crippen molar-refractivity contribution in [1.29, 1.82) is 0 Å². The highest BCUT2D eigenvalue weighted by atomic mass is 16.7. The van der Waals surface area contributed by atoms with Crippen molar-refractivity contribution < 1.29 is 49.3 Å². The van der Waals surface area contributed by atoms with Crippen LogP contribution in [0.5, 0.6) is 0 Å². The minimum Gasteiger partial charge on any atom is -0.466 e. The van der Waals surface area contributed by atoms with Crippen molar-refractivity contribution in [3.63, 3.8) is 0 Å². The number of esters is 1. The van der Waals surface area contributed by atoms with Crippen LogP contribution in [0.3, 0.4) is 0 Å². The van der Waals surface area contributed by atoms with Crippen molar-refractivity contribution >= 4 is 11.9 Å². The fraction of sp³-hybridized carbons (Fsp3) is 0.835. The average Bonchev–Trinajstić information content (AvgIpc) is 0.844. The molecule has 1 aliphatic heterocycles. The summed E-state index contributed by atoms with van der Waals surface area (Å²) in [6.45, 7) is 4.32. The number of unbranched alkanes of at least 4 members (excludes halogenated alkanes) is 49. The van der Waals surface area contributed by atoms with E-state index < -0.39 is 49.5 Å². The molecule has 0 radical (unpaired) electrons. The number of nitrogens with one attached hydrogen (secondary N) is 1. The van der Waals surface area contributed by atoms with E-state index in [-0.39, 0.29) is 18.5 Å². The van der Waals surface area contributed by atoms with Crippen LogP contribution in [0.1, 0.15) is 393 Å². The maximum absolute atomic E-state index is 13.1. The zero-order valence-corrected chi connectivity index (χ0v) is 62.6. The van der Waals surface area contributed by atoms with E-state index >= 15 is 0 Å². The minimum absolute atomic E-state index is 0.00714. The van der Waals surface area contributed by atoms with Gasteiger partial charge in [-0.25, -0.2) is 0 Å². The van der Waals surface area contributed by atoms with Crippen LogP contribution in [0.25, 0.3) is 0 Å². The number of ether oxygens (including phenoxy) is 3. The highest BCUT2D eigenvalue weighted by Crippen LogP contribution is 2.24. The first-order valence-corrected chi connectivity index (χ1v) is 41.2. The van der Waals surface area contributed by atoms with Gasteiger partial charge in [0.15, 0.2) is 6.29 Å².